The lowest BCUT2D eigenvalue weighted by molar-refractivity contribution is 0.0514. The number of carbonyl (C=O) groups is 1. The highest BCUT2D eigenvalue weighted by atomic mass is 16.5. The molecule has 0 spiro atoms. The van der Waals surface area contributed by atoms with E-state index in [0.29, 0.717) is 18.0 Å². The van der Waals surface area contributed by atoms with E-state index in [-0.39, 0.29) is 5.91 Å². The highest BCUT2D eigenvalue weighted by Gasteiger charge is 2.14. The first kappa shape index (κ1) is 16.7. The van der Waals surface area contributed by atoms with E-state index in [4.69, 9.17) is 4.74 Å². The quantitative estimate of drug-likeness (QED) is 0.895. The van der Waals surface area contributed by atoms with Gasteiger partial charge in [-0.05, 0) is 55.4 Å². The Bertz CT molecular complexity index is 655. The van der Waals surface area contributed by atoms with Crippen LogP contribution < -0.4 is 5.32 Å². The Labute approximate surface area is 144 Å². The summed E-state index contributed by atoms with van der Waals surface area (Å²) in [7, 11) is 0. The molecule has 1 aliphatic rings. The zero-order chi connectivity index (χ0) is 16.8. The van der Waals surface area contributed by atoms with Crippen LogP contribution in [0.4, 0.5) is 0 Å². The van der Waals surface area contributed by atoms with E-state index in [1.54, 1.807) is 0 Å². The van der Waals surface area contributed by atoms with Crippen LogP contribution >= 0.6 is 0 Å². The van der Waals surface area contributed by atoms with Crippen molar-refractivity contribution in [3.8, 4) is 11.1 Å². The zero-order valence-electron chi connectivity index (χ0n) is 14.3. The highest BCUT2D eigenvalue weighted by molar-refractivity contribution is 5.94. The fourth-order valence-electron chi connectivity index (χ4n) is 3.09. The van der Waals surface area contributed by atoms with Gasteiger partial charge in [-0.15, -0.1) is 0 Å². The van der Waals surface area contributed by atoms with E-state index < -0.39 is 0 Å². The van der Waals surface area contributed by atoms with Gasteiger partial charge in [0.1, 0.15) is 0 Å². The second-order valence-electron chi connectivity index (χ2n) is 6.57. The lowest BCUT2D eigenvalue weighted by Gasteiger charge is -2.21. The van der Waals surface area contributed by atoms with Crippen LogP contribution in [0.15, 0.2) is 48.5 Å². The lowest BCUT2D eigenvalue weighted by atomic mass is 9.98. The summed E-state index contributed by atoms with van der Waals surface area (Å²) >= 11 is 0. The number of rotatable bonds is 5. The highest BCUT2D eigenvalue weighted by Crippen LogP contribution is 2.20. The van der Waals surface area contributed by atoms with Crippen LogP contribution in [-0.2, 0) is 4.74 Å². The van der Waals surface area contributed by atoms with Crippen molar-refractivity contribution in [3.05, 3.63) is 59.7 Å². The lowest BCUT2D eigenvalue weighted by Crippen LogP contribution is -2.28. The Morgan fingerprint density at radius 1 is 1.08 bits per heavy atom. The first-order valence-electron chi connectivity index (χ1n) is 8.75. The smallest absolute Gasteiger partial charge is 0.251 e. The molecular formula is C21H25NO2. The van der Waals surface area contributed by atoms with Gasteiger partial charge >= 0.3 is 0 Å². The van der Waals surface area contributed by atoms with Crippen molar-refractivity contribution in [2.24, 2.45) is 5.92 Å². The van der Waals surface area contributed by atoms with E-state index in [2.05, 4.69) is 36.5 Å². The normalized spacial score (nSPS) is 17.5. The van der Waals surface area contributed by atoms with Crippen molar-refractivity contribution in [2.45, 2.75) is 26.2 Å². The molecule has 0 aromatic heterocycles. The molecular weight excluding hydrogens is 298 g/mol. The molecule has 1 saturated heterocycles. The predicted octanol–water partition coefficient (Wildman–Crippen LogP) is 4.21. The van der Waals surface area contributed by atoms with Crippen LogP contribution in [0.5, 0.6) is 0 Å². The van der Waals surface area contributed by atoms with Crippen LogP contribution in [0.25, 0.3) is 11.1 Å². The predicted molar refractivity (Wildman–Crippen MR) is 97.1 cm³/mol. The number of hydrogen-bond donors (Lipinski definition) is 1. The first-order chi connectivity index (χ1) is 11.7. The monoisotopic (exact) mass is 323 g/mol. The fourth-order valence-corrected chi connectivity index (χ4v) is 3.09. The van der Waals surface area contributed by atoms with Gasteiger partial charge in [-0.3, -0.25) is 4.79 Å². The average Bonchev–Trinajstić information content (AvgIpc) is 2.63. The molecule has 0 radical (unpaired) electrons. The standard InChI is InChI=1S/C21H25NO2/c1-16-4-6-18(7-5-16)19-8-10-20(11-9-19)21(23)22-13-12-17-3-2-14-24-15-17/h4-11,17H,2-3,12-15H2,1H3,(H,22,23). The molecule has 2 aromatic carbocycles. The molecule has 1 atom stereocenters. The van der Waals surface area contributed by atoms with Gasteiger partial charge in [0, 0.05) is 25.3 Å². The molecule has 1 N–H and O–H groups in total. The molecule has 1 unspecified atom stereocenters. The summed E-state index contributed by atoms with van der Waals surface area (Å²) in [4.78, 5) is 12.2. The second kappa shape index (κ2) is 8.11. The van der Waals surface area contributed by atoms with Crippen molar-refractivity contribution < 1.29 is 9.53 Å². The summed E-state index contributed by atoms with van der Waals surface area (Å²) in [6.07, 6.45) is 3.34. The molecule has 0 aliphatic carbocycles. The molecule has 1 heterocycles. The summed E-state index contributed by atoms with van der Waals surface area (Å²) in [6.45, 7) is 4.51. The van der Waals surface area contributed by atoms with Crippen LogP contribution in [0.1, 0.15) is 35.2 Å². The molecule has 1 aliphatic heterocycles. The van der Waals surface area contributed by atoms with Crippen LogP contribution in [-0.4, -0.2) is 25.7 Å². The Morgan fingerprint density at radius 3 is 2.38 bits per heavy atom. The Kier molecular flexibility index (Phi) is 5.65. The topological polar surface area (TPSA) is 38.3 Å². The minimum Gasteiger partial charge on any atom is -0.381 e. The van der Waals surface area contributed by atoms with Gasteiger partial charge in [0.15, 0.2) is 0 Å². The van der Waals surface area contributed by atoms with Gasteiger partial charge in [-0.1, -0.05) is 42.0 Å². The zero-order valence-corrected chi connectivity index (χ0v) is 14.3. The Balaban J connectivity index is 1.52. The van der Waals surface area contributed by atoms with E-state index in [9.17, 15) is 4.79 Å². The number of ether oxygens (including phenoxy) is 1. The van der Waals surface area contributed by atoms with E-state index in [0.717, 1.165) is 31.6 Å². The summed E-state index contributed by atoms with van der Waals surface area (Å²) in [5.74, 6) is 0.588. The molecule has 3 rings (SSSR count). The molecule has 1 fully saturated rings. The molecule has 3 nitrogen and oxygen atoms in total. The minimum absolute atomic E-state index is 0.00202. The molecule has 126 valence electrons. The van der Waals surface area contributed by atoms with Crippen molar-refractivity contribution >= 4 is 5.91 Å². The van der Waals surface area contributed by atoms with Crippen LogP contribution in [0.2, 0.25) is 0 Å². The number of hydrogen-bond acceptors (Lipinski definition) is 2. The second-order valence-corrected chi connectivity index (χ2v) is 6.57. The Hall–Kier alpha value is -2.13. The maximum Gasteiger partial charge on any atom is 0.251 e. The summed E-state index contributed by atoms with van der Waals surface area (Å²) in [6, 6.07) is 16.2. The molecule has 3 heteroatoms. The van der Waals surface area contributed by atoms with Gasteiger partial charge < -0.3 is 10.1 Å². The molecule has 2 aromatic rings. The Morgan fingerprint density at radius 2 is 1.75 bits per heavy atom. The number of carbonyl (C=O) groups excluding carboxylic acids is 1. The number of amides is 1. The number of benzene rings is 2. The summed E-state index contributed by atoms with van der Waals surface area (Å²) in [5, 5.41) is 3.02. The van der Waals surface area contributed by atoms with Crippen LogP contribution in [0.3, 0.4) is 0 Å². The third kappa shape index (κ3) is 4.45. The van der Waals surface area contributed by atoms with E-state index in [1.165, 1.54) is 17.5 Å². The molecule has 1 amide bonds. The van der Waals surface area contributed by atoms with Gasteiger partial charge in [0.05, 0.1) is 0 Å². The maximum absolute atomic E-state index is 12.2. The van der Waals surface area contributed by atoms with Crippen molar-refractivity contribution in [1.29, 1.82) is 0 Å². The largest absolute Gasteiger partial charge is 0.381 e. The van der Waals surface area contributed by atoms with Crippen LogP contribution in [0, 0.1) is 12.8 Å². The van der Waals surface area contributed by atoms with Crippen molar-refractivity contribution in [3.63, 3.8) is 0 Å². The average molecular weight is 323 g/mol. The molecule has 0 saturated carbocycles. The molecule has 0 bridgehead atoms. The maximum atomic E-state index is 12.2. The van der Waals surface area contributed by atoms with Crippen molar-refractivity contribution in [2.75, 3.05) is 19.8 Å². The summed E-state index contributed by atoms with van der Waals surface area (Å²) in [5.41, 5.74) is 4.26. The molecule has 24 heavy (non-hydrogen) atoms. The van der Waals surface area contributed by atoms with E-state index >= 15 is 0 Å². The van der Waals surface area contributed by atoms with Gasteiger partial charge in [0.25, 0.3) is 5.91 Å². The fraction of sp³-hybridized carbons (Fsp3) is 0.381. The van der Waals surface area contributed by atoms with Gasteiger partial charge in [-0.25, -0.2) is 0 Å². The first-order valence-corrected chi connectivity index (χ1v) is 8.75. The van der Waals surface area contributed by atoms with Gasteiger partial charge in [0.2, 0.25) is 0 Å². The van der Waals surface area contributed by atoms with Gasteiger partial charge in [-0.2, -0.15) is 0 Å². The third-order valence-electron chi connectivity index (χ3n) is 4.62. The number of nitrogens with one attached hydrogen (secondary N) is 1. The number of aryl methyl sites for hydroxylation is 1. The van der Waals surface area contributed by atoms with Crippen molar-refractivity contribution in [1.82, 2.24) is 5.32 Å². The van der Waals surface area contributed by atoms with E-state index in [1.807, 2.05) is 24.3 Å². The SMILES string of the molecule is Cc1ccc(-c2ccc(C(=O)NCCC3CCCOC3)cc2)cc1. The third-order valence-corrected chi connectivity index (χ3v) is 4.62. The minimum atomic E-state index is 0.00202. The summed E-state index contributed by atoms with van der Waals surface area (Å²) < 4.78 is 5.47.